The average molecular weight is 442 g/mol. The summed E-state index contributed by atoms with van der Waals surface area (Å²) in [5.74, 6) is 1.13. The summed E-state index contributed by atoms with van der Waals surface area (Å²) in [6.07, 6.45) is 5.50. The van der Waals surface area contributed by atoms with E-state index in [1.165, 1.54) is 17.3 Å². The molecule has 0 fully saturated rings. The maximum absolute atomic E-state index is 13.2. The third-order valence-corrected chi connectivity index (χ3v) is 6.58. The lowest BCUT2D eigenvalue weighted by Gasteiger charge is -2.29. The molecule has 160 valence electrons. The number of carbonyl (C=O) groups is 1. The van der Waals surface area contributed by atoms with Gasteiger partial charge in [0, 0.05) is 30.2 Å². The number of aromatic nitrogens is 4. The zero-order chi connectivity index (χ0) is 21.9. The highest BCUT2D eigenvalue weighted by atomic mass is 32.2. The Kier molecular flexibility index (Phi) is 5.73. The summed E-state index contributed by atoms with van der Waals surface area (Å²) in [6, 6.07) is 20.1. The lowest BCUT2D eigenvalue weighted by Crippen LogP contribution is -2.36. The van der Waals surface area contributed by atoms with E-state index in [0.717, 1.165) is 47.7 Å². The molecule has 2 aromatic heterocycles. The first-order chi connectivity index (χ1) is 15.7. The fourth-order valence-electron chi connectivity index (χ4n) is 4.08. The van der Waals surface area contributed by atoms with Gasteiger partial charge in [-0.25, -0.2) is 0 Å². The predicted molar refractivity (Wildman–Crippen MR) is 127 cm³/mol. The summed E-state index contributed by atoms with van der Waals surface area (Å²) in [6.45, 7) is 2.82. The van der Waals surface area contributed by atoms with Gasteiger partial charge in [-0.1, -0.05) is 48.2 Å². The molecule has 0 atom stereocenters. The van der Waals surface area contributed by atoms with Crippen LogP contribution in [0.4, 0.5) is 5.69 Å². The van der Waals surface area contributed by atoms with Crippen molar-refractivity contribution in [3.05, 3.63) is 84.2 Å². The van der Waals surface area contributed by atoms with Gasteiger partial charge in [-0.15, -0.1) is 10.2 Å². The van der Waals surface area contributed by atoms with Crippen LogP contribution in [0.2, 0.25) is 0 Å². The molecule has 4 aromatic rings. The summed E-state index contributed by atoms with van der Waals surface area (Å²) < 4.78 is 2.03. The molecule has 1 amide bonds. The van der Waals surface area contributed by atoms with Gasteiger partial charge in [0.1, 0.15) is 0 Å². The maximum atomic E-state index is 13.2. The standard InChI is InChI=1S/C25H23N5OS/c1-18-7-2-4-10-21(18)30-24(20-12-14-26-15-13-20)27-28-25(30)32-17-23(31)29-16-6-9-19-8-3-5-11-22(19)29/h2-5,7-8,10-15H,6,9,16-17H2,1H3. The summed E-state index contributed by atoms with van der Waals surface area (Å²) in [4.78, 5) is 19.2. The van der Waals surface area contributed by atoms with Crippen LogP contribution in [0.5, 0.6) is 0 Å². The van der Waals surface area contributed by atoms with E-state index < -0.39 is 0 Å². The number of aryl methyl sites for hydroxylation is 2. The molecule has 0 aliphatic carbocycles. The molecule has 0 saturated carbocycles. The maximum Gasteiger partial charge on any atom is 0.237 e. The fourth-order valence-corrected chi connectivity index (χ4v) is 4.90. The third-order valence-electron chi connectivity index (χ3n) is 5.66. The molecule has 0 spiro atoms. The monoisotopic (exact) mass is 441 g/mol. The zero-order valence-corrected chi connectivity index (χ0v) is 18.6. The van der Waals surface area contributed by atoms with E-state index in [-0.39, 0.29) is 5.91 Å². The van der Waals surface area contributed by atoms with Crippen LogP contribution in [0.1, 0.15) is 17.5 Å². The molecular weight excluding hydrogens is 418 g/mol. The van der Waals surface area contributed by atoms with E-state index in [9.17, 15) is 4.79 Å². The van der Waals surface area contributed by atoms with Crippen molar-refractivity contribution >= 4 is 23.4 Å². The Morgan fingerprint density at radius 2 is 1.72 bits per heavy atom. The number of para-hydroxylation sites is 2. The molecule has 6 nitrogen and oxygen atoms in total. The van der Waals surface area contributed by atoms with Gasteiger partial charge in [-0.2, -0.15) is 0 Å². The van der Waals surface area contributed by atoms with E-state index >= 15 is 0 Å². The van der Waals surface area contributed by atoms with Crippen molar-refractivity contribution in [2.45, 2.75) is 24.9 Å². The predicted octanol–water partition coefficient (Wildman–Crippen LogP) is 4.71. The molecule has 0 radical (unpaired) electrons. The lowest BCUT2D eigenvalue weighted by atomic mass is 10.0. The first-order valence-corrected chi connectivity index (χ1v) is 11.6. The summed E-state index contributed by atoms with van der Waals surface area (Å²) in [7, 11) is 0. The number of carbonyl (C=O) groups excluding carboxylic acids is 1. The summed E-state index contributed by atoms with van der Waals surface area (Å²) >= 11 is 1.43. The Balaban J connectivity index is 1.45. The fraction of sp³-hybridized carbons (Fsp3) is 0.200. The Hall–Kier alpha value is -3.45. The van der Waals surface area contributed by atoms with Crippen LogP contribution in [0.3, 0.4) is 0 Å². The number of pyridine rings is 1. The number of anilines is 1. The number of rotatable bonds is 5. The SMILES string of the molecule is Cc1ccccc1-n1c(SCC(=O)N2CCCc3ccccc32)nnc1-c1ccncc1. The largest absolute Gasteiger partial charge is 0.311 e. The molecular formula is C25H23N5OS. The van der Waals surface area contributed by atoms with E-state index in [2.05, 4.69) is 40.3 Å². The molecule has 1 aliphatic rings. The number of nitrogens with zero attached hydrogens (tertiary/aromatic N) is 5. The van der Waals surface area contributed by atoms with Crippen molar-refractivity contribution in [2.75, 3.05) is 17.2 Å². The van der Waals surface area contributed by atoms with Crippen LogP contribution in [-0.4, -0.2) is 38.0 Å². The highest BCUT2D eigenvalue weighted by Gasteiger charge is 2.24. The van der Waals surface area contributed by atoms with Gasteiger partial charge in [0.2, 0.25) is 5.91 Å². The number of benzene rings is 2. The van der Waals surface area contributed by atoms with Crippen molar-refractivity contribution in [1.29, 1.82) is 0 Å². The second-order valence-corrected chi connectivity index (χ2v) is 8.67. The second kappa shape index (κ2) is 8.96. The van der Waals surface area contributed by atoms with Crippen molar-refractivity contribution in [2.24, 2.45) is 0 Å². The molecule has 0 N–H and O–H groups in total. The number of thioether (sulfide) groups is 1. The molecule has 2 aromatic carbocycles. The Bertz CT molecular complexity index is 1250. The minimum absolute atomic E-state index is 0.0898. The average Bonchev–Trinajstić information content (AvgIpc) is 3.26. The van der Waals surface area contributed by atoms with Gasteiger partial charge in [0.25, 0.3) is 0 Å². The molecule has 5 rings (SSSR count). The molecule has 3 heterocycles. The van der Waals surface area contributed by atoms with Crippen LogP contribution in [0.25, 0.3) is 17.1 Å². The van der Waals surface area contributed by atoms with Crippen LogP contribution in [0.15, 0.2) is 78.2 Å². The van der Waals surface area contributed by atoms with Gasteiger partial charge >= 0.3 is 0 Å². The number of hydrogen-bond donors (Lipinski definition) is 0. The van der Waals surface area contributed by atoms with Crippen molar-refractivity contribution in [1.82, 2.24) is 19.7 Å². The lowest BCUT2D eigenvalue weighted by molar-refractivity contribution is -0.116. The number of hydrogen-bond acceptors (Lipinski definition) is 5. The van der Waals surface area contributed by atoms with Crippen LogP contribution < -0.4 is 4.90 Å². The number of amides is 1. The Labute approximate surface area is 191 Å². The second-order valence-electron chi connectivity index (χ2n) is 7.73. The van der Waals surface area contributed by atoms with Crippen LogP contribution >= 0.6 is 11.8 Å². The minimum atomic E-state index is 0.0898. The van der Waals surface area contributed by atoms with Crippen molar-refractivity contribution in [3.63, 3.8) is 0 Å². The van der Waals surface area contributed by atoms with Crippen molar-refractivity contribution < 1.29 is 4.79 Å². The first kappa shape index (κ1) is 20.5. The molecule has 1 aliphatic heterocycles. The quantitative estimate of drug-likeness (QED) is 0.420. The van der Waals surface area contributed by atoms with Gasteiger partial charge in [0.15, 0.2) is 11.0 Å². The smallest absolute Gasteiger partial charge is 0.237 e. The van der Waals surface area contributed by atoms with Gasteiger partial charge in [0.05, 0.1) is 11.4 Å². The third kappa shape index (κ3) is 3.91. The van der Waals surface area contributed by atoms with E-state index in [1.807, 2.05) is 51.9 Å². The highest BCUT2D eigenvalue weighted by molar-refractivity contribution is 7.99. The summed E-state index contributed by atoms with van der Waals surface area (Å²) in [5.41, 5.74) is 5.31. The highest BCUT2D eigenvalue weighted by Crippen LogP contribution is 2.31. The van der Waals surface area contributed by atoms with E-state index in [4.69, 9.17) is 0 Å². The topological polar surface area (TPSA) is 63.9 Å². The van der Waals surface area contributed by atoms with Crippen LogP contribution in [0, 0.1) is 6.92 Å². The molecule has 0 bridgehead atoms. The van der Waals surface area contributed by atoms with E-state index in [0.29, 0.717) is 10.9 Å². The zero-order valence-electron chi connectivity index (χ0n) is 17.8. The van der Waals surface area contributed by atoms with E-state index in [1.54, 1.807) is 12.4 Å². The first-order valence-electron chi connectivity index (χ1n) is 10.7. The molecule has 7 heteroatoms. The van der Waals surface area contributed by atoms with Gasteiger partial charge in [-0.3, -0.25) is 14.3 Å². The molecule has 0 saturated heterocycles. The Morgan fingerprint density at radius 3 is 2.53 bits per heavy atom. The minimum Gasteiger partial charge on any atom is -0.311 e. The molecule has 32 heavy (non-hydrogen) atoms. The van der Waals surface area contributed by atoms with Gasteiger partial charge < -0.3 is 4.90 Å². The Morgan fingerprint density at radius 1 is 0.969 bits per heavy atom. The van der Waals surface area contributed by atoms with Gasteiger partial charge in [-0.05, 0) is 55.2 Å². The normalized spacial score (nSPS) is 13.1. The summed E-state index contributed by atoms with van der Waals surface area (Å²) in [5, 5.41) is 9.62. The van der Waals surface area contributed by atoms with Crippen LogP contribution in [-0.2, 0) is 11.2 Å². The number of fused-ring (bicyclic) bond motifs is 1. The molecule has 0 unspecified atom stereocenters. The van der Waals surface area contributed by atoms with Crippen molar-refractivity contribution in [3.8, 4) is 17.1 Å².